The maximum atomic E-state index is 11.9. The minimum Gasteiger partial charge on any atom is -0.507 e. The summed E-state index contributed by atoms with van der Waals surface area (Å²) in [5.41, 5.74) is -0.0538. The molecule has 1 aliphatic heterocycles. The van der Waals surface area contributed by atoms with Crippen LogP contribution in [0.1, 0.15) is 70.6 Å². The lowest BCUT2D eigenvalue weighted by molar-refractivity contribution is -0.123. The molecule has 1 heterocycles. The number of amides is 1. The molecule has 2 aliphatic rings. The number of rotatable bonds is 2. The quantitative estimate of drug-likeness (QED) is 0.465. The molecule has 0 unspecified atom stereocenters. The minimum atomic E-state index is -0.374. The van der Waals surface area contributed by atoms with Crippen LogP contribution in [0.2, 0.25) is 0 Å². The average Bonchev–Trinajstić information content (AvgIpc) is 2.79. The summed E-state index contributed by atoms with van der Waals surface area (Å²) in [6, 6.07) is 0. The van der Waals surface area contributed by atoms with Gasteiger partial charge in [0.2, 0.25) is 0 Å². The van der Waals surface area contributed by atoms with E-state index in [0.29, 0.717) is 5.92 Å². The Bertz CT molecular complexity index is 495. The number of aliphatic hydroxyl groups is 1. The molecular weight excluding hydrogens is 302 g/mol. The second kappa shape index (κ2) is 9.65. The number of likely N-dealkylation sites (tertiary alicyclic amines) is 1. The molecule has 0 radical (unpaired) electrons. The van der Waals surface area contributed by atoms with Crippen LogP contribution in [0, 0.1) is 5.92 Å². The Morgan fingerprint density at radius 1 is 0.958 bits per heavy atom. The zero-order valence-electron chi connectivity index (χ0n) is 14.9. The van der Waals surface area contributed by atoms with Gasteiger partial charge in [0.15, 0.2) is 5.78 Å². The largest absolute Gasteiger partial charge is 0.507 e. The van der Waals surface area contributed by atoms with Crippen molar-refractivity contribution < 1.29 is 14.7 Å². The van der Waals surface area contributed by atoms with E-state index in [1.807, 2.05) is 6.08 Å². The molecule has 0 bridgehead atoms. The molecule has 1 N–H and O–H groups in total. The number of hydrogen-bond donors (Lipinski definition) is 1. The number of nitrogens with zero attached hydrogens (tertiary/aromatic N) is 1. The van der Waals surface area contributed by atoms with E-state index in [4.69, 9.17) is 0 Å². The molecule has 24 heavy (non-hydrogen) atoms. The van der Waals surface area contributed by atoms with Crippen molar-refractivity contribution in [1.82, 2.24) is 4.90 Å². The highest BCUT2D eigenvalue weighted by atomic mass is 16.3. The van der Waals surface area contributed by atoms with Gasteiger partial charge in [0, 0.05) is 7.05 Å². The molecule has 2 fully saturated rings. The van der Waals surface area contributed by atoms with Crippen molar-refractivity contribution in [2.45, 2.75) is 70.6 Å². The average molecular weight is 333 g/mol. The van der Waals surface area contributed by atoms with Crippen LogP contribution < -0.4 is 0 Å². The lowest BCUT2D eigenvalue weighted by Gasteiger charge is -2.14. The third-order valence-corrected chi connectivity index (χ3v) is 5.15. The van der Waals surface area contributed by atoms with Gasteiger partial charge in [-0.05, 0) is 24.8 Å². The highest BCUT2D eigenvalue weighted by Gasteiger charge is 2.33. The van der Waals surface area contributed by atoms with Crippen molar-refractivity contribution in [1.29, 1.82) is 0 Å². The van der Waals surface area contributed by atoms with Gasteiger partial charge >= 0.3 is 0 Å². The molecule has 0 aromatic heterocycles. The molecule has 1 saturated heterocycles. The Hall–Kier alpha value is -1.58. The van der Waals surface area contributed by atoms with Gasteiger partial charge in [-0.2, -0.15) is 0 Å². The fraction of sp³-hybridized carbons (Fsp3) is 0.700. The van der Waals surface area contributed by atoms with Crippen LogP contribution in [0.25, 0.3) is 0 Å². The van der Waals surface area contributed by atoms with Crippen LogP contribution >= 0.6 is 0 Å². The van der Waals surface area contributed by atoms with E-state index in [2.05, 4.69) is 0 Å². The van der Waals surface area contributed by atoms with Gasteiger partial charge in [-0.3, -0.25) is 9.59 Å². The molecule has 134 valence electrons. The van der Waals surface area contributed by atoms with Gasteiger partial charge in [0.25, 0.3) is 5.91 Å². The molecule has 2 rings (SSSR count). The first-order valence-electron chi connectivity index (χ1n) is 9.49. The van der Waals surface area contributed by atoms with Crippen LogP contribution in [-0.4, -0.2) is 35.3 Å². The van der Waals surface area contributed by atoms with Gasteiger partial charge in [-0.1, -0.05) is 63.9 Å². The summed E-state index contributed by atoms with van der Waals surface area (Å²) in [6.07, 6.45) is 17.5. The summed E-state index contributed by atoms with van der Waals surface area (Å²) in [6.45, 7) is 0.0650. The summed E-state index contributed by atoms with van der Waals surface area (Å²) >= 11 is 0. The monoisotopic (exact) mass is 333 g/mol. The maximum absolute atomic E-state index is 11.9. The van der Waals surface area contributed by atoms with Crippen LogP contribution in [0.15, 0.2) is 23.5 Å². The van der Waals surface area contributed by atoms with E-state index >= 15 is 0 Å². The highest BCUT2D eigenvalue weighted by molar-refractivity contribution is 6.25. The van der Waals surface area contributed by atoms with Crippen molar-refractivity contribution in [2.75, 3.05) is 13.6 Å². The fourth-order valence-corrected chi connectivity index (χ4v) is 3.63. The number of carbonyl (C=O) groups is 2. The van der Waals surface area contributed by atoms with E-state index in [9.17, 15) is 14.7 Å². The maximum Gasteiger partial charge on any atom is 0.261 e. The number of aliphatic hydroxyl groups excluding tert-OH is 1. The third kappa shape index (κ3) is 5.50. The van der Waals surface area contributed by atoms with Crippen molar-refractivity contribution >= 4 is 11.7 Å². The molecule has 0 aromatic rings. The standard InChI is InChI=1S/C20H31NO3/c1-21-15-18(23)19(20(21)24)17(22)14-13-16-11-9-7-5-3-2-4-6-8-10-12-16/h13-14,16,22H,2-12,15H2,1H3/b14-13+,19-17+. The molecule has 1 saturated carbocycles. The van der Waals surface area contributed by atoms with Gasteiger partial charge in [-0.25, -0.2) is 0 Å². The summed E-state index contributed by atoms with van der Waals surface area (Å²) in [5, 5.41) is 10.2. The van der Waals surface area contributed by atoms with Crippen molar-refractivity contribution in [3.05, 3.63) is 23.5 Å². The zero-order valence-corrected chi connectivity index (χ0v) is 14.9. The lowest BCUT2D eigenvalue weighted by Crippen LogP contribution is -2.19. The molecule has 0 aromatic carbocycles. The van der Waals surface area contributed by atoms with Gasteiger partial charge in [-0.15, -0.1) is 0 Å². The number of hydrogen-bond acceptors (Lipinski definition) is 3. The number of Topliss-reactive ketones (excluding diaryl/α,β-unsaturated/α-hetero) is 1. The molecule has 4 nitrogen and oxygen atoms in total. The summed E-state index contributed by atoms with van der Waals surface area (Å²) in [4.78, 5) is 25.1. The van der Waals surface area contributed by atoms with Crippen molar-refractivity contribution in [3.8, 4) is 0 Å². The Morgan fingerprint density at radius 3 is 1.92 bits per heavy atom. The highest BCUT2D eigenvalue weighted by Crippen LogP contribution is 2.23. The smallest absolute Gasteiger partial charge is 0.261 e. The van der Waals surface area contributed by atoms with E-state index in [0.717, 1.165) is 12.8 Å². The number of allylic oxidation sites excluding steroid dienone is 2. The van der Waals surface area contributed by atoms with Crippen LogP contribution in [0.5, 0.6) is 0 Å². The van der Waals surface area contributed by atoms with Crippen molar-refractivity contribution in [3.63, 3.8) is 0 Å². The van der Waals surface area contributed by atoms with Crippen LogP contribution in [-0.2, 0) is 9.59 Å². The summed E-state index contributed by atoms with van der Waals surface area (Å²) in [7, 11) is 1.58. The predicted octanol–water partition coefficient (Wildman–Crippen LogP) is 4.32. The third-order valence-electron chi connectivity index (χ3n) is 5.15. The second-order valence-corrected chi connectivity index (χ2v) is 7.22. The van der Waals surface area contributed by atoms with Crippen LogP contribution in [0.4, 0.5) is 0 Å². The molecule has 4 heteroatoms. The normalized spacial score (nSPS) is 25.0. The Balaban J connectivity index is 1.98. The number of ketones is 1. The number of carbonyl (C=O) groups excluding carboxylic acids is 2. The van der Waals surface area contributed by atoms with Gasteiger partial charge < -0.3 is 10.0 Å². The van der Waals surface area contributed by atoms with E-state index in [1.165, 1.54) is 62.7 Å². The van der Waals surface area contributed by atoms with Crippen LogP contribution in [0.3, 0.4) is 0 Å². The molecule has 0 atom stereocenters. The first-order valence-corrected chi connectivity index (χ1v) is 9.49. The number of likely N-dealkylation sites (N-methyl/N-ethyl adjacent to an activating group) is 1. The summed E-state index contributed by atoms with van der Waals surface area (Å²) in [5.74, 6) is -0.402. The van der Waals surface area contributed by atoms with Gasteiger partial charge in [0.1, 0.15) is 11.3 Å². The second-order valence-electron chi connectivity index (χ2n) is 7.22. The Kier molecular flexibility index (Phi) is 7.54. The molecular formula is C20H31NO3. The predicted molar refractivity (Wildman–Crippen MR) is 95.7 cm³/mol. The van der Waals surface area contributed by atoms with Crippen molar-refractivity contribution in [2.24, 2.45) is 5.92 Å². The SMILES string of the molecule is CN1CC(=O)/C(=C(O)/C=C/C2CCCCCCCCCCC2)C1=O. The Morgan fingerprint density at radius 2 is 1.46 bits per heavy atom. The fourth-order valence-electron chi connectivity index (χ4n) is 3.63. The van der Waals surface area contributed by atoms with E-state index in [-0.39, 0.29) is 29.6 Å². The topological polar surface area (TPSA) is 57.6 Å². The Labute approximate surface area is 145 Å². The zero-order chi connectivity index (χ0) is 17.4. The molecule has 1 amide bonds. The minimum absolute atomic E-state index is 0.0538. The first kappa shape index (κ1) is 18.8. The van der Waals surface area contributed by atoms with E-state index < -0.39 is 0 Å². The van der Waals surface area contributed by atoms with E-state index in [1.54, 1.807) is 13.1 Å². The molecule has 1 aliphatic carbocycles. The lowest BCUT2D eigenvalue weighted by atomic mass is 9.92. The molecule has 0 spiro atoms. The summed E-state index contributed by atoms with van der Waals surface area (Å²) < 4.78 is 0. The first-order chi connectivity index (χ1) is 11.6. The van der Waals surface area contributed by atoms with Gasteiger partial charge in [0.05, 0.1) is 6.54 Å².